The van der Waals surface area contributed by atoms with Crippen LogP contribution in [0.4, 0.5) is 0 Å². The molecule has 0 aliphatic rings. The van der Waals surface area contributed by atoms with Crippen LogP contribution in [0.2, 0.25) is 0 Å². The highest BCUT2D eigenvalue weighted by atomic mass is 16.5. The normalized spacial score (nSPS) is 10.5. The van der Waals surface area contributed by atoms with Gasteiger partial charge in [0.05, 0.1) is 13.7 Å². The van der Waals surface area contributed by atoms with Gasteiger partial charge in [-0.05, 0) is 29.3 Å². The Bertz CT molecular complexity index is 692. The standard InChI is InChI=1S/C16H16N4O/c1-21-15-9-7-13(8-10-15)11-12-20-18-16(17-19-20)14-5-3-2-4-6-14/h2-10H,11-12H2,1H3. The summed E-state index contributed by atoms with van der Waals surface area (Å²) in [6.07, 6.45) is 0.856. The number of hydrogen-bond donors (Lipinski definition) is 0. The zero-order valence-corrected chi connectivity index (χ0v) is 11.8. The Morgan fingerprint density at radius 3 is 2.48 bits per heavy atom. The molecule has 0 aliphatic heterocycles. The first kappa shape index (κ1) is 13.3. The second-order valence-electron chi connectivity index (χ2n) is 4.67. The molecule has 0 fully saturated rings. The van der Waals surface area contributed by atoms with Crippen LogP contribution in [-0.4, -0.2) is 27.3 Å². The van der Waals surface area contributed by atoms with Gasteiger partial charge in [0.25, 0.3) is 0 Å². The van der Waals surface area contributed by atoms with E-state index in [9.17, 15) is 0 Å². The molecule has 0 unspecified atom stereocenters. The maximum atomic E-state index is 5.14. The molecule has 0 aliphatic carbocycles. The summed E-state index contributed by atoms with van der Waals surface area (Å²) in [5.41, 5.74) is 2.20. The minimum atomic E-state index is 0.658. The van der Waals surface area contributed by atoms with Crippen molar-refractivity contribution in [3.8, 4) is 17.1 Å². The molecule has 106 valence electrons. The average Bonchev–Trinajstić information content (AvgIpc) is 3.03. The van der Waals surface area contributed by atoms with E-state index in [0.717, 1.165) is 17.7 Å². The zero-order chi connectivity index (χ0) is 14.5. The van der Waals surface area contributed by atoms with E-state index in [1.807, 2.05) is 54.6 Å². The molecule has 1 aromatic heterocycles. The van der Waals surface area contributed by atoms with Crippen LogP contribution in [0.1, 0.15) is 5.56 Å². The summed E-state index contributed by atoms with van der Waals surface area (Å²) in [7, 11) is 1.67. The predicted octanol–water partition coefficient (Wildman–Crippen LogP) is 2.59. The van der Waals surface area contributed by atoms with Gasteiger partial charge in [-0.3, -0.25) is 0 Å². The Morgan fingerprint density at radius 2 is 1.76 bits per heavy atom. The first-order chi connectivity index (χ1) is 10.3. The predicted molar refractivity (Wildman–Crippen MR) is 80.0 cm³/mol. The molecule has 3 rings (SSSR count). The second kappa shape index (κ2) is 6.17. The van der Waals surface area contributed by atoms with E-state index in [0.29, 0.717) is 12.4 Å². The summed E-state index contributed by atoms with van der Waals surface area (Å²) in [5.74, 6) is 1.52. The van der Waals surface area contributed by atoms with Crippen LogP contribution in [0.5, 0.6) is 5.75 Å². The number of aryl methyl sites for hydroxylation is 2. The van der Waals surface area contributed by atoms with Crippen molar-refractivity contribution in [3.05, 3.63) is 60.2 Å². The van der Waals surface area contributed by atoms with Gasteiger partial charge in [0, 0.05) is 5.56 Å². The van der Waals surface area contributed by atoms with Gasteiger partial charge in [-0.2, -0.15) is 4.80 Å². The number of ether oxygens (including phenoxy) is 1. The van der Waals surface area contributed by atoms with E-state index < -0.39 is 0 Å². The van der Waals surface area contributed by atoms with Crippen LogP contribution in [0, 0.1) is 0 Å². The fourth-order valence-corrected chi connectivity index (χ4v) is 2.06. The fraction of sp³-hybridized carbons (Fsp3) is 0.188. The Hall–Kier alpha value is -2.69. The highest BCUT2D eigenvalue weighted by Crippen LogP contribution is 2.13. The number of tetrazole rings is 1. The molecule has 0 saturated carbocycles. The average molecular weight is 280 g/mol. The molecule has 0 bridgehead atoms. The highest BCUT2D eigenvalue weighted by molar-refractivity contribution is 5.52. The lowest BCUT2D eigenvalue weighted by atomic mass is 10.1. The van der Waals surface area contributed by atoms with E-state index in [-0.39, 0.29) is 0 Å². The lowest BCUT2D eigenvalue weighted by Gasteiger charge is -2.02. The van der Waals surface area contributed by atoms with Crippen LogP contribution in [0.25, 0.3) is 11.4 Å². The SMILES string of the molecule is COc1ccc(CCn2nnc(-c3ccccc3)n2)cc1. The minimum Gasteiger partial charge on any atom is -0.497 e. The van der Waals surface area contributed by atoms with E-state index in [2.05, 4.69) is 15.4 Å². The monoisotopic (exact) mass is 280 g/mol. The first-order valence-electron chi connectivity index (χ1n) is 6.81. The maximum Gasteiger partial charge on any atom is 0.204 e. The first-order valence-corrected chi connectivity index (χ1v) is 6.81. The van der Waals surface area contributed by atoms with Crippen molar-refractivity contribution in [2.75, 3.05) is 7.11 Å². The molecule has 5 nitrogen and oxygen atoms in total. The van der Waals surface area contributed by atoms with Gasteiger partial charge in [-0.25, -0.2) is 0 Å². The maximum absolute atomic E-state index is 5.14. The van der Waals surface area contributed by atoms with Crippen molar-refractivity contribution in [1.29, 1.82) is 0 Å². The third-order valence-corrected chi connectivity index (χ3v) is 3.24. The molecule has 0 atom stereocenters. The fourth-order valence-electron chi connectivity index (χ4n) is 2.06. The number of methoxy groups -OCH3 is 1. The topological polar surface area (TPSA) is 52.8 Å². The van der Waals surface area contributed by atoms with E-state index in [1.165, 1.54) is 5.56 Å². The lowest BCUT2D eigenvalue weighted by molar-refractivity contribution is 0.414. The van der Waals surface area contributed by atoms with Crippen molar-refractivity contribution >= 4 is 0 Å². The number of aromatic nitrogens is 4. The lowest BCUT2D eigenvalue weighted by Crippen LogP contribution is -2.05. The van der Waals surface area contributed by atoms with Crippen molar-refractivity contribution in [3.63, 3.8) is 0 Å². The van der Waals surface area contributed by atoms with E-state index >= 15 is 0 Å². The molecule has 0 spiro atoms. The second-order valence-corrected chi connectivity index (χ2v) is 4.67. The van der Waals surface area contributed by atoms with Gasteiger partial charge in [-0.15, -0.1) is 10.2 Å². The minimum absolute atomic E-state index is 0.658. The van der Waals surface area contributed by atoms with Crippen molar-refractivity contribution in [2.45, 2.75) is 13.0 Å². The summed E-state index contributed by atoms with van der Waals surface area (Å²) in [6, 6.07) is 17.9. The van der Waals surface area contributed by atoms with Gasteiger partial charge in [0.15, 0.2) is 0 Å². The molecule has 21 heavy (non-hydrogen) atoms. The van der Waals surface area contributed by atoms with Crippen LogP contribution in [0.3, 0.4) is 0 Å². The van der Waals surface area contributed by atoms with Crippen molar-refractivity contribution in [2.24, 2.45) is 0 Å². The summed E-state index contributed by atoms with van der Waals surface area (Å²) < 4.78 is 5.14. The number of benzene rings is 2. The van der Waals surface area contributed by atoms with Gasteiger partial charge in [-0.1, -0.05) is 42.5 Å². The Morgan fingerprint density at radius 1 is 1.00 bits per heavy atom. The Balaban J connectivity index is 1.64. The summed E-state index contributed by atoms with van der Waals surface area (Å²) >= 11 is 0. The van der Waals surface area contributed by atoms with E-state index in [4.69, 9.17) is 4.74 Å². The molecular formula is C16H16N4O. The number of rotatable bonds is 5. The zero-order valence-electron chi connectivity index (χ0n) is 11.8. The van der Waals surface area contributed by atoms with Gasteiger partial charge in [0.2, 0.25) is 5.82 Å². The largest absolute Gasteiger partial charge is 0.497 e. The summed E-state index contributed by atoms with van der Waals surface area (Å²) in [6.45, 7) is 0.701. The Kier molecular flexibility index (Phi) is 3.91. The molecule has 3 aromatic rings. The smallest absolute Gasteiger partial charge is 0.204 e. The number of nitrogens with zero attached hydrogens (tertiary/aromatic N) is 4. The molecule has 0 N–H and O–H groups in total. The van der Waals surface area contributed by atoms with Gasteiger partial charge >= 0.3 is 0 Å². The summed E-state index contributed by atoms with van der Waals surface area (Å²) in [4.78, 5) is 1.63. The van der Waals surface area contributed by atoms with Crippen LogP contribution >= 0.6 is 0 Å². The number of hydrogen-bond acceptors (Lipinski definition) is 4. The Labute approximate surface area is 123 Å². The van der Waals surface area contributed by atoms with Crippen LogP contribution in [0.15, 0.2) is 54.6 Å². The van der Waals surface area contributed by atoms with Crippen LogP contribution < -0.4 is 4.74 Å². The van der Waals surface area contributed by atoms with Crippen molar-refractivity contribution in [1.82, 2.24) is 20.2 Å². The van der Waals surface area contributed by atoms with Gasteiger partial charge < -0.3 is 4.74 Å². The third kappa shape index (κ3) is 3.25. The van der Waals surface area contributed by atoms with Crippen LogP contribution in [-0.2, 0) is 13.0 Å². The molecule has 5 heteroatoms. The van der Waals surface area contributed by atoms with Gasteiger partial charge in [0.1, 0.15) is 5.75 Å². The molecular weight excluding hydrogens is 264 g/mol. The molecule has 0 radical (unpaired) electrons. The molecule has 2 aromatic carbocycles. The quantitative estimate of drug-likeness (QED) is 0.721. The molecule has 0 amide bonds. The highest BCUT2D eigenvalue weighted by Gasteiger charge is 2.05. The summed E-state index contributed by atoms with van der Waals surface area (Å²) in [5, 5.41) is 12.6. The third-order valence-electron chi connectivity index (χ3n) is 3.24. The molecule has 1 heterocycles. The van der Waals surface area contributed by atoms with E-state index in [1.54, 1.807) is 11.9 Å². The molecule has 0 saturated heterocycles. The van der Waals surface area contributed by atoms with Crippen molar-refractivity contribution < 1.29 is 4.74 Å².